The molecular weight excluding hydrogens is 338 g/mol. The Hall–Kier alpha value is -1.47. The molecule has 3 aromatic rings. The summed E-state index contributed by atoms with van der Waals surface area (Å²) in [6.45, 7) is 1.29. The Morgan fingerprint density at radius 1 is 1.27 bits per heavy atom. The fourth-order valence-corrected chi connectivity index (χ4v) is 3.68. The summed E-state index contributed by atoms with van der Waals surface area (Å²) >= 11 is 6.96. The van der Waals surface area contributed by atoms with Crippen molar-refractivity contribution in [1.29, 1.82) is 0 Å². The number of nitrogens with zero attached hydrogens (tertiary/aromatic N) is 1. The quantitative estimate of drug-likeness (QED) is 0.705. The summed E-state index contributed by atoms with van der Waals surface area (Å²) in [6, 6.07) is 11.9. The average molecular weight is 354 g/mol. The van der Waals surface area contributed by atoms with Gasteiger partial charge in [-0.1, -0.05) is 18.2 Å². The maximum Gasteiger partial charge on any atom is 0.252 e. The van der Waals surface area contributed by atoms with Crippen LogP contribution in [0.3, 0.4) is 0 Å². The molecule has 0 fully saturated rings. The van der Waals surface area contributed by atoms with Crippen LogP contribution >= 0.6 is 36.0 Å². The van der Waals surface area contributed by atoms with E-state index in [0.29, 0.717) is 17.9 Å². The van der Waals surface area contributed by atoms with Crippen molar-refractivity contribution in [3.05, 3.63) is 51.5 Å². The Morgan fingerprint density at radius 2 is 2.05 bits per heavy atom. The van der Waals surface area contributed by atoms with Crippen LogP contribution < -0.4 is 11.3 Å². The van der Waals surface area contributed by atoms with E-state index in [1.807, 2.05) is 16.7 Å². The summed E-state index contributed by atoms with van der Waals surface area (Å²) < 4.78 is 3.60. The smallest absolute Gasteiger partial charge is 0.252 e. The van der Waals surface area contributed by atoms with E-state index in [2.05, 4.69) is 23.2 Å². The van der Waals surface area contributed by atoms with E-state index < -0.39 is 0 Å². The number of H-pyrrole nitrogens is 1. The maximum atomic E-state index is 11.8. The molecule has 116 valence electrons. The normalized spacial score (nSPS) is 10.6. The molecule has 0 aliphatic heterocycles. The molecule has 0 amide bonds. The van der Waals surface area contributed by atoms with Gasteiger partial charge < -0.3 is 10.3 Å². The third-order valence-corrected chi connectivity index (χ3v) is 4.76. The zero-order chi connectivity index (χ0) is 14.8. The second kappa shape index (κ2) is 7.19. The van der Waals surface area contributed by atoms with Crippen molar-refractivity contribution in [2.45, 2.75) is 13.0 Å². The fourth-order valence-electron chi connectivity index (χ4n) is 2.30. The van der Waals surface area contributed by atoms with Gasteiger partial charge in [-0.3, -0.25) is 9.78 Å². The Morgan fingerprint density at radius 3 is 2.77 bits per heavy atom. The first-order valence-electron chi connectivity index (χ1n) is 6.72. The Bertz CT molecular complexity index is 864. The van der Waals surface area contributed by atoms with Crippen molar-refractivity contribution >= 4 is 46.0 Å². The highest BCUT2D eigenvalue weighted by Crippen LogP contribution is 2.32. The Kier molecular flexibility index (Phi) is 5.52. The number of aromatic nitrogens is 2. The van der Waals surface area contributed by atoms with Crippen molar-refractivity contribution in [2.24, 2.45) is 5.73 Å². The van der Waals surface area contributed by atoms with E-state index in [-0.39, 0.29) is 18.0 Å². The lowest BCUT2D eigenvalue weighted by atomic mass is 10.2. The first-order chi connectivity index (χ1) is 10.2. The van der Waals surface area contributed by atoms with E-state index in [4.69, 9.17) is 18.0 Å². The van der Waals surface area contributed by atoms with Gasteiger partial charge in [-0.2, -0.15) is 0 Å². The van der Waals surface area contributed by atoms with Gasteiger partial charge in [0.25, 0.3) is 5.56 Å². The van der Waals surface area contributed by atoms with Crippen molar-refractivity contribution in [3.63, 3.8) is 0 Å². The van der Waals surface area contributed by atoms with Gasteiger partial charge in [-0.25, -0.2) is 0 Å². The van der Waals surface area contributed by atoms with Crippen LogP contribution in [-0.4, -0.2) is 16.1 Å². The van der Waals surface area contributed by atoms with E-state index in [1.165, 1.54) is 10.1 Å². The molecule has 2 heterocycles. The molecular formula is C15H16ClN3OS2. The number of thiophene rings is 1. The van der Waals surface area contributed by atoms with Crippen LogP contribution in [0.15, 0.2) is 41.2 Å². The summed E-state index contributed by atoms with van der Waals surface area (Å²) in [5.74, 6) is 0. The third-order valence-electron chi connectivity index (χ3n) is 3.30. The highest BCUT2D eigenvalue weighted by Gasteiger charge is 2.10. The minimum Gasteiger partial charge on any atom is -0.330 e. The van der Waals surface area contributed by atoms with Gasteiger partial charge in [-0.05, 0) is 42.7 Å². The molecule has 0 saturated heterocycles. The molecule has 1 aromatic carbocycles. The number of hydrogen-bond acceptors (Lipinski definition) is 4. The van der Waals surface area contributed by atoms with E-state index in [0.717, 1.165) is 17.0 Å². The highest BCUT2D eigenvalue weighted by molar-refractivity contribution is 7.71. The van der Waals surface area contributed by atoms with E-state index in [9.17, 15) is 4.79 Å². The van der Waals surface area contributed by atoms with Crippen molar-refractivity contribution < 1.29 is 0 Å². The predicted octanol–water partition coefficient (Wildman–Crippen LogP) is 3.56. The molecule has 4 nitrogen and oxygen atoms in total. The average Bonchev–Trinajstić information content (AvgIpc) is 2.89. The summed E-state index contributed by atoms with van der Waals surface area (Å²) in [5, 5.41) is 1.18. The molecule has 7 heteroatoms. The maximum absolute atomic E-state index is 11.8. The number of nitrogens with two attached hydrogens (primary N) is 1. The molecule has 0 spiro atoms. The van der Waals surface area contributed by atoms with E-state index in [1.54, 1.807) is 17.4 Å². The van der Waals surface area contributed by atoms with Crippen LogP contribution in [0, 0.1) is 4.77 Å². The van der Waals surface area contributed by atoms with Gasteiger partial charge in [0.15, 0.2) is 4.77 Å². The van der Waals surface area contributed by atoms with Gasteiger partial charge in [0.05, 0.1) is 10.6 Å². The molecule has 22 heavy (non-hydrogen) atoms. The van der Waals surface area contributed by atoms with Crippen molar-refractivity contribution in [2.75, 3.05) is 6.54 Å². The molecule has 0 radical (unpaired) electrons. The first-order valence-corrected chi connectivity index (χ1v) is 7.94. The number of halogens is 1. The van der Waals surface area contributed by atoms with Crippen LogP contribution in [0.2, 0.25) is 0 Å². The van der Waals surface area contributed by atoms with Gasteiger partial charge in [-0.15, -0.1) is 23.7 Å². The zero-order valence-electron chi connectivity index (χ0n) is 11.7. The first kappa shape index (κ1) is 16.9. The number of aromatic amines is 1. The lowest BCUT2D eigenvalue weighted by Crippen LogP contribution is -2.16. The molecule has 3 N–H and O–H groups in total. The van der Waals surface area contributed by atoms with Crippen LogP contribution in [0.5, 0.6) is 0 Å². The second-order valence-electron chi connectivity index (χ2n) is 4.77. The minimum absolute atomic E-state index is 0. The molecule has 3 rings (SSSR count). The monoisotopic (exact) mass is 353 g/mol. The van der Waals surface area contributed by atoms with Gasteiger partial charge >= 0.3 is 0 Å². The largest absolute Gasteiger partial charge is 0.330 e. The van der Waals surface area contributed by atoms with E-state index >= 15 is 0 Å². The second-order valence-corrected chi connectivity index (χ2v) is 6.24. The molecule has 0 bridgehead atoms. The van der Waals surface area contributed by atoms with Crippen LogP contribution in [0.4, 0.5) is 0 Å². The predicted molar refractivity (Wildman–Crippen MR) is 97.6 cm³/mol. The molecule has 2 aromatic heterocycles. The van der Waals surface area contributed by atoms with Crippen molar-refractivity contribution in [3.8, 4) is 10.6 Å². The summed E-state index contributed by atoms with van der Waals surface area (Å²) in [6.07, 6.45) is 0.818. The van der Waals surface area contributed by atoms with Gasteiger partial charge in [0.1, 0.15) is 0 Å². The highest BCUT2D eigenvalue weighted by atomic mass is 35.5. The topological polar surface area (TPSA) is 63.8 Å². The standard InChI is InChI=1S/C15H15N3OS2.ClH/c16-6-3-7-18-11(9-14(19)17-15(18)20)13-8-10-4-1-2-5-12(10)21-13;/h1-2,4-5,8-9H,3,6-7,16H2,(H,17,19,20);1H. The van der Waals surface area contributed by atoms with Crippen LogP contribution in [0.1, 0.15) is 6.42 Å². The summed E-state index contributed by atoms with van der Waals surface area (Å²) in [4.78, 5) is 15.5. The minimum atomic E-state index is -0.170. The zero-order valence-corrected chi connectivity index (χ0v) is 14.2. The number of rotatable bonds is 4. The lowest BCUT2D eigenvalue weighted by Gasteiger charge is -2.11. The third kappa shape index (κ3) is 3.30. The lowest BCUT2D eigenvalue weighted by molar-refractivity contribution is 0.632. The number of fused-ring (bicyclic) bond motifs is 1. The van der Waals surface area contributed by atoms with Crippen LogP contribution in [-0.2, 0) is 6.54 Å². The number of nitrogens with one attached hydrogen (secondary N) is 1. The molecule has 0 unspecified atom stereocenters. The van der Waals surface area contributed by atoms with Crippen LogP contribution in [0.25, 0.3) is 20.7 Å². The number of hydrogen-bond donors (Lipinski definition) is 2. The Labute approximate surface area is 143 Å². The van der Waals surface area contributed by atoms with Gasteiger partial charge in [0, 0.05) is 17.3 Å². The molecule has 0 aliphatic carbocycles. The fraction of sp³-hybridized carbons (Fsp3) is 0.200. The molecule has 0 aliphatic rings. The summed E-state index contributed by atoms with van der Waals surface area (Å²) in [5.41, 5.74) is 6.28. The molecule has 0 saturated carbocycles. The van der Waals surface area contributed by atoms with Gasteiger partial charge in [0.2, 0.25) is 0 Å². The Balaban J connectivity index is 0.00000176. The summed E-state index contributed by atoms with van der Waals surface area (Å²) in [7, 11) is 0. The SMILES string of the molecule is Cl.NCCCn1c(-c2cc3ccccc3s2)cc(=O)[nH]c1=S. The molecule has 0 atom stereocenters. The van der Waals surface area contributed by atoms with Crippen molar-refractivity contribution in [1.82, 2.24) is 9.55 Å². The number of benzene rings is 1.